The average molecular weight is 380 g/mol. The molecular weight excluding hydrogens is 350 g/mol. The van der Waals surface area contributed by atoms with Crippen LogP contribution in [-0.4, -0.2) is 56.1 Å². The van der Waals surface area contributed by atoms with Crippen LogP contribution < -0.4 is 5.32 Å². The number of para-hydroxylation sites is 2. The third kappa shape index (κ3) is 3.88. The van der Waals surface area contributed by atoms with Crippen LogP contribution >= 0.6 is 0 Å². The molecule has 28 heavy (non-hydrogen) atoms. The van der Waals surface area contributed by atoms with Crippen molar-refractivity contribution in [1.29, 1.82) is 0 Å². The molecule has 1 aliphatic heterocycles. The van der Waals surface area contributed by atoms with Gasteiger partial charge in [-0.2, -0.15) is 0 Å². The fraction of sp³-hybridized carbons (Fsp3) is 0.476. The van der Waals surface area contributed by atoms with Gasteiger partial charge >= 0.3 is 0 Å². The average Bonchev–Trinajstić information content (AvgIpc) is 3.38. The maximum absolute atomic E-state index is 4.92. The van der Waals surface area contributed by atoms with Crippen LogP contribution in [0.5, 0.6) is 0 Å². The highest BCUT2D eigenvalue weighted by Crippen LogP contribution is 2.27. The number of nitrogens with zero attached hydrogens (tertiary/aromatic N) is 6. The number of likely N-dealkylation sites (tertiary alicyclic amines) is 1. The molecule has 148 valence electrons. The Labute approximate surface area is 166 Å². The zero-order valence-corrected chi connectivity index (χ0v) is 16.7. The van der Waals surface area contributed by atoms with E-state index in [1.165, 1.54) is 0 Å². The van der Waals surface area contributed by atoms with E-state index in [9.17, 15) is 0 Å². The summed E-state index contributed by atoms with van der Waals surface area (Å²) in [6.45, 7) is 8.86. The number of hydrogen-bond donors (Lipinski definition) is 1. The second-order valence-electron chi connectivity index (χ2n) is 7.45. The number of imidazole rings is 2. The fourth-order valence-electron chi connectivity index (χ4n) is 3.97. The lowest BCUT2D eigenvalue weighted by atomic mass is 9.93. The number of fused-ring (bicyclic) bond motifs is 1. The molecule has 0 bridgehead atoms. The highest BCUT2D eigenvalue weighted by Gasteiger charge is 2.28. The molecule has 1 aliphatic rings. The van der Waals surface area contributed by atoms with Crippen molar-refractivity contribution < 1.29 is 0 Å². The molecule has 0 saturated carbocycles. The van der Waals surface area contributed by atoms with Crippen molar-refractivity contribution in [3.8, 4) is 0 Å². The number of benzene rings is 1. The van der Waals surface area contributed by atoms with Gasteiger partial charge < -0.3 is 19.4 Å². The summed E-state index contributed by atoms with van der Waals surface area (Å²) >= 11 is 0. The minimum Gasteiger partial charge on any atom is -0.357 e. The summed E-state index contributed by atoms with van der Waals surface area (Å²) in [4.78, 5) is 16.0. The minimum absolute atomic E-state index is 0.428. The maximum atomic E-state index is 4.92. The van der Waals surface area contributed by atoms with Gasteiger partial charge in [0.1, 0.15) is 0 Å². The molecule has 3 heterocycles. The summed E-state index contributed by atoms with van der Waals surface area (Å²) in [6, 6.07) is 8.66. The van der Waals surface area contributed by atoms with Gasteiger partial charge in [-0.05, 0) is 31.4 Å². The van der Waals surface area contributed by atoms with E-state index in [1.807, 2.05) is 31.0 Å². The van der Waals surface area contributed by atoms with Gasteiger partial charge in [0.2, 0.25) is 0 Å². The minimum atomic E-state index is 0.428. The quantitative estimate of drug-likeness (QED) is 0.547. The Balaban J connectivity index is 1.45. The highest BCUT2D eigenvalue weighted by atomic mass is 15.3. The topological polar surface area (TPSA) is 63.3 Å². The lowest BCUT2D eigenvalue weighted by molar-refractivity contribution is 0.189. The monoisotopic (exact) mass is 379 g/mol. The summed E-state index contributed by atoms with van der Waals surface area (Å²) in [5, 5.41) is 3.48. The largest absolute Gasteiger partial charge is 0.357 e. The Morgan fingerprint density at radius 1 is 1.29 bits per heavy atom. The number of rotatable bonds is 5. The van der Waals surface area contributed by atoms with Crippen molar-refractivity contribution in [2.45, 2.75) is 32.9 Å². The summed E-state index contributed by atoms with van der Waals surface area (Å²) in [7, 11) is 0. The van der Waals surface area contributed by atoms with Crippen molar-refractivity contribution >= 4 is 17.0 Å². The molecule has 3 aromatic rings. The van der Waals surface area contributed by atoms with Crippen LogP contribution in [0.15, 0.2) is 54.3 Å². The Morgan fingerprint density at radius 3 is 3.00 bits per heavy atom. The van der Waals surface area contributed by atoms with Gasteiger partial charge in [0.25, 0.3) is 0 Å². The van der Waals surface area contributed by atoms with Crippen molar-refractivity contribution in [3.05, 3.63) is 49.3 Å². The third-order valence-electron chi connectivity index (χ3n) is 5.59. The number of guanidine groups is 1. The smallest absolute Gasteiger partial charge is 0.194 e. The number of aliphatic imine (C=N–C) groups is 1. The number of hydrogen-bond acceptors (Lipinski definition) is 3. The predicted molar refractivity (Wildman–Crippen MR) is 112 cm³/mol. The van der Waals surface area contributed by atoms with Crippen LogP contribution in [0.2, 0.25) is 0 Å². The SMILES string of the molecule is CCNC(=NCCn1cnc2ccccc21)N1CCC(C)C(n2ccnc2)C1. The van der Waals surface area contributed by atoms with Gasteiger partial charge in [0, 0.05) is 38.6 Å². The first-order valence-electron chi connectivity index (χ1n) is 10.2. The van der Waals surface area contributed by atoms with Crippen LogP contribution in [0.4, 0.5) is 0 Å². The molecule has 0 radical (unpaired) electrons. The molecule has 0 aliphatic carbocycles. The second kappa shape index (κ2) is 8.46. The van der Waals surface area contributed by atoms with E-state index in [1.54, 1.807) is 0 Å². The lowest BCUT2D eigenvalue weighted by Crippen LogP contribution is -2.49. The van der Waals surface area contributed by atoms with E-state index in [4.69, 9.17) is 4.99 Å². The van der Waals surface area contributed by atoms with E-state index in [0.717, 1.165) is 56.1 Å². The standard InChI is InChI=1S/C21H29N7/c1-3-23-21(24-10-13-28-16-25-18-6-4-5-7-19(18)28)26-11-8-17(2)20(14-26)27-12-9-22-15-27/h4-7,9,12,15-17,20H,3,8,10-11,13-14H2,1-2H3,(H,23,24). The molecular formula is C21H29N7. The van der Waals surface area contributed by atoms with Gasteiger partial charge in [-0.3, -0.25) is 4.99 Å². The predicted octanol–water partition coefficient (Wildman–Crippen LogP) is 2.78. The number of aromatic nitrogens is 4. The molecule has 1 saturated heterocycles. The first-order valence-corrected chi connectivity index (χ1v) is 10.2. The summed E-state index contributed by atoms with van der Waals surface area (Å²) in [6.07, 6.45) is 8.92. The molecule has 7 heteroatoms. The molecule has 2 atom stereocenters. The van der Waals surface area contributed by atoms with Crippen LogP contribution in [0.1, 0.15) is 26.3 Å². The lowest BCUT2D eigenvalue weighted by Gasteiger charge is -2.39. The zero-order chi connectivity index (χ0) is 19.3. The van der Waals surface area contributed by atoms with Gasteiger partial charge in [-0.15, -0.1) is 0 Å². The Kier molecular flexibility index (Phi) is 5.60. The van der Waals surface area contributed by atoms with Crippen LogP contribution in [-0.2, 0) is 6.54 Å². The molecule has 0 amide bonds. The fourth-order valence-corrected chi connectivity index (χ4v) is 3.97. The van der Waals surface area contributed by atoms with Crippen LogP contribution in [0.25, 0.3) is 11.0 Å². The summed E-state index contributed by atoms with van der Waals surface area (Å²) in [5.74, 6) is 1.63. The normalized spacial score (nSPS) is 20.6. The molecule has 1 N–H and O–H groups in total. The van der Waals surface area contributed by atoms with E-state index in [0.29, 0.717) is 12.0 Å². The summed E-state index contributed by atoms with van der Waals surface area (Å²) in [5.41, 5.74) is 2.20. The van der Waals surface area contributed by atoms with E-state index >= 15 is 0 Å². The Morgan fingerprint density at radius 2 is 2.18 bits per heavy atom. The molecule has 0 spiro atoms. The summed E-state index contributed by atoms with van der Waals surface area (Å²) < 4.78 is 4.41. The molecule has 2 aromatic heterocycles. The zero-order valence-electron chi connectivity index (χ0n) is 16.7. The van der Waals surface area contributed by atoms with Gasteiger partial charge in [-0.25, -0.2) is 9.97 Å². The van der Waals surface area contributed by atoms with E-state index in [-0.39, 0.29) is 0 Å². The van der Waals surface area contributed by atoms with Crippen LogP contribution in [0, 0.1) is 5.92 Å². The number of nitrogens with one attached hydrogen (secondary N) is 1. The van der Waals surface area contributed by atoms with Crippen molar-refractivity contribution in [3.63, 3.8) is 0 Å². The second-order valence-corrected chi connectivity index (χ2v) is 7.45. The Hall–Kier alpha value is -2.83. The Bertz CT molecular complexity index is 912. The van der Waals surface area contributed by atoms with E-state index in [2.05, 4.69) is 61.5 Å². The van der Waals surface area contributed by atoms with Gasteiger partial charge in [-0.1, -0.05) is 19.1 Å². The van der Waals surface area contributed by atoms with Crippen LogP contribution in [0.3, 0.4) is 0 Å². The highest BCUT2D eigenvalue weighted by molar-refractivity contribution is 5.80. The van der Waals surface area contributed by atoms with Crippen molar-refractivity contribution in [2.24, 2.45) is 10.9 Å². The van der Waals surface area contributed by atoms with Gasteiger partial charge in [0.15, 0.2) is 5.96 Å². The van der Waals surface area contributed by atoms with Crippen molar-refractivity contribution in [2.75, 3.05) is 26.2 Å². The number of piperidine rings is 1. The molecule has 1 fully saturated rings. The first-order chi connectivity index (χ1) is 13.8. The molecule has 1 aromatic carbocycles. The van der Waals surface area contributed by atoms with E-state index < -0.39 is 0 Å². The molecule has 4 rings (SSSR count). The van der Waals surface area contributed by atoms with Gasteiger partial charge in [0.05, 0.1) is 36.3 Å². The van der Waals surface area contributed by atoms with Crippen molar-refractivity contribution in [1.82, 2.24) is 29.3 Å². The third-order valence-corrected chi connectivity index (χ3v) is 5.59. The first kappa shape index (κ1) is 18.5. The molecule has 7 nitrogen and oxygen atoms in total. The molecule has 2 unspecified atom stereocenters. The maximum Gasteiger partial charge on any atom is 0.194 e.